The van der Waals surface area contributed by atoms with Gasteiger partial charge in [-0.1, -0.05) is 24.3 Å². The Morgan fingerprint density at radius 1 is 0.926 bits per heavy atom. The van der Waals surface area contributed by atoms with Gasteiger partial charge in [-0.05, 0) is 61.1 Å². The Hall–Kier alpha value is -2.53. The van der Waals surface area contributed by atoms with Crippen molar-refractivity contribution in [1.29, 1.82) is 0 Å². The molecule has 0 spiro atoms. The molecule has 142 valence electrons. The van der Waals surface area contributed by atoms with Crippen molar-refractivity contribution in [3.05, 3.63) is 59.7 Å². The number of benzene rings is 2. The van der Waals surface area contributed by atoms with Gasteiger partial charge >= 0.3 is 5.97 Å². The molecule has 4 rings (SSSR count). The molecule has 0 radical (unpaired) electrons. The molecule has 5 nitrogen and oxygen atoms in total. The maximum absolute atomic E-state index is 13.1. The first kappa shape index (κ1) is 17.9. The van der Waals surface area contributed by atoms with Crippen LogP contribution in [0.25, 0.3) is 0 Å². The monoisotopic (exact) mass is 368 g/mol. The summed E-state index contributed by atoms with van der Waals surface area (Å²) < 4.78 is 22.3. The van der Waals surface area contributed by atoms with Gasteiger partial charge in [-0.3, -0.25) is 0 Å². The van der Waals surface area contributed by atoms with E-state index in [4.69, 9.17) is 18.9 Å². The van der Waals surface area contributed by atoms with Gasteiger partial charge in [-0.25, -0.2) is 4.79 Å². The van der Waals surface area contributed by atoms with Crippen LogP contribution in [0.2, 0.25) is 0 Å². The van der Waals surface area contributed by atoms with Gasteiger partial charge in [0.15, 0.2) is 0 Å². The fraction of sp³-hybridized carbons (Fsp3) is 0.409. The third kappa shape index (κ3) is 3.28. The summed E-state index contributed by atoms with van der Waals surface area (Å²) in [7, 11) is 3.25. The van der Waals surface area contributed by atoms with Crippen molar-refractivity contribution in [1.82, 2.24) is 0 Å². The standard InChI is InChI=1S/C22H24O5/c1-24-17-11-7-15(8-12-17)20-22(27-20,16-9-13-18(25-2)14-10-16)21(23)26-19-5-3-4-6-19/h7-14,19-20H,3-6H2,1-2H3. The zero-order valence-electron chi connectivity index (χ0n) is 15.6. The van der Waals surface area contributed by atoms with Crippen LogP contribution >= 0.6 is 0 Å². The second kappa shape index (κ2) is 7.24. The molecule has 2 unspecified atom stereocenters. The lowest BCUT2D eigenvalue weighted by atomic mass is 9.91. The Labute approximate surface area is 159 Å². The molecule has 1 aliphatic carbocycles. The minimum Gasteiger partial charge on any atom is -0.497 e. The van der Waals surface area contributed by atoms with E-state index in [1.165, 1.54) is 0 Å². The van der Waals surface area contributed by atoms with E-state index in [0.717, 1.165) is 48.3 Å². The van der Waals surface area contributed by atoms with E-state index in [0.29, 0.717) is 0 Å². The van der Waals surface area contributed by atoms with Crippen LogP contribution in [0.15, 0.2) is 48.5 Å². The molecule has 27 heavy (non-hydrogen) atoms. The fourth-order valence-electron chi connectivity index (χ4n) is 3.81. The third-order valence-electron chi connectivity index (χ3n) is 5.43. The lowest BCUT2D eigenvalue weighted by Gasteiger charge is -2.17. The van der Waals surface area contributed by atoms with Crippen molar-refractivity contribution in [2.75, 3.05) is 14.2 Å². The van der Waals surface area contributed by atoms with Crippen LogP contribution in [0, 0.1) is 0 Å². The summed E-state index contributed by atoms with van der Waals surface area (Å²) in [4.78, 5) is 13.1. The second-order valence-electron chi connectivity index (χ2n) is 7.05. The average molecular weight is 368 g/mol. The van der Waals surface area contributed by atoms with Gasteiger partial charge in [-0.2, -0.15) is 0 Å². The van der Waals surface area contributed by atoms with Crippen molar-refractivity contribution in [3.8, 4) is 11.5 Å². The Kier molecular flexibility index (Phi) is 4.79. The molecule has 2 aromatic rings. The molecule has 2 aromatic carbocycles. The molecule has 5 heteroatoms. The highest BCUT2D eigenvalue weighted by Gasteiger charge is 2.66. The first-order valence-electron chi connectivity index (χ1n) is 9.35. The van der Waals surface area contributed by atoms with E-state index in [-0.39, 0.29) is 18.2 Å². The molecule has 2 atom stereocenters. The predicted octanol–water partition coefficient (Wildman–Crippen LogP) is 4.16. The second-order valence-corrected chi connectivity index (χ2v) is 7.05. The molecule has 1 saturated carbocycles. The van der Waals surface area contributed by atoms with Crippen LogP contribution in [0.3, 0.4) is 0 Å². The predicted molar refractivity (Wildman–Crippen MR) is 99.8 cm³/mol. The minimum absolute atomic E-state index is 0.00617. The molecule has 2 aliphatic rings. The first-order chi connectivity index (χ1) is 13.2. The Morgan fingerprint density at radius 3 is 2.04 bits per heavy atom. The summed E-state index contributed by atoms with van der Waals surface area (Å²) in [5.74, 6) is 1.20. The maximum Gasteiger partial charge on any atom is 0.346 e. The van der Waals surface area contributed by atoms with Gasteiger partial charge in [0.2, 0.25) is 5.60 Å². The number of methoxy groups -OCH3 is 2. The number of rotatable bonds is 6. The van der Waals surface area contributed by atoms with Gasteiger partial charge in [0.25, 0.3) is 0 Å². The fourth-order valence-corrected chi connectivity index (χ4v) is 3.81. The van der Waals surface area contributed by atoms with Gasteiger partial charge in [0, 0.05) is 0 Å². The third-order valence-corrected chi connectivity index (χ3v) is 5.43. The van der Waals surface area contributed by atoms with Gasteiger partial charge in [0.1, 0.15) is 23.7 Å². The highest BCUT2D eigenvalue weighted by atomic mass is 16.7. The number of carbonyl (C=O) groups excluding carboxylic acids is 1. The van der Waals surface area contributed by atoms with Crippen molar-refractivity contribution in [2.24, 2.45) is 0 Å². The van der Waals surface area contributed by atoms with E-state index in [9.17, 15) is 4.79 Å². The van der Waals surface area contributed by atoms with Crippen LogP contribution in [-0.4, -0.2) is 26.3 Å². The number of epoxide rings is 1. The van der Waals surface area contributed by atoms with Crippen LogP contribution in [0.4, 0.5) is 0 Å². The molecule has 1 saturated heterocycles. The molecule has 1 heterocycles. The Morgan fingerprint density at radius 2 is 1.48 bits per heavy atom. The summed E-state index contributed by atoms with van der Waals surface area (Å²) >= 11 is 0. The summed E-state index contributed by atoms with van der Waals surface area (Å²) in [6.07, 6.45) is 3.70. The molecular weight excluding hydrogens is 344 g/mol. The van der Waals surface area contributed by atoms with Gasteiger partial charge < -0.3 is 18.9 Å². The summed E-state index contributed by atoms with van der Waals surface area (Å²) in [5, 5.41) is 0. The number of carbonyl (C=O) groups is 1. The topological polar surface area (TPSA) is 57.3 Å². The first-order valence-corrected chi connectivity index (χ1v) is 9.35. The highest BCUT2D eigenvalue weighted by molar-refractivity contribution is 5.86. The normalized spacial score (nSPS) is 24.4. The van der Waals surface area contributed by atoms with Crippen molar-refractivity contribution < 1.29 is 23.7 Å². The number of ether oxygens (including phenoxy) is 4. The van der Waals surface area contributed by atoms with Crippen LogP contribution < -0.4 is 9.47 Å². The quantitative estimate of drug-likeness (QED) is 0.566. The van der Waals surface area contributed by atoms with E-state index < -0.39 is 5.60 Å². The van der Waals surface area contributed by atoms with Crippen molar-refractivity contribution >= 4 is 5.97 Å². The zero-order chi connectivity index (χ0) is 18.9. The summed E-state index contributed by atoms with van der Waals surface area (Å²) in [6, 6.07) is 15.0. The smallest absolute Gasteiger partial charge is 0.346 e. The van der Waals surface area contributed by atoms with E-state index in [1.54, 1.807) is 14.2 Å². The molecule has 0 N–H and O–H groups in total. The maximum atomic E-state index is 13.1. The summed E-state index contributed by atoms with van der Waals surface area (Å²) in [5.41, 5.74) is 0.616. The molecule has 0 bridgehead atoms. The SMILES string of the molecule is COc1ccc(C2OC2(C(=O)OC2CCCC2)c2ccc(OC)cc2)cc1. The molecular formula is C22H24O5. The minimum atomic E-state index is -1.09. The van der Waals surface area contributed by atoms with E-state index in [1.807, 2.05) is 48.5 Å². The number of hydrogen-bond donors (Lipinski definition) is 0. The largest absolute Gasteiger partial charge is 0.497 e. The van der Waals surface area contributed by atoms with Crippen LogP contribution in [0.5, 0.6) is 11.5 Å². The molecule has 0 aromatic heterocycles. The molecule has 0 amide bonds. The van der Waals surface area contributed by atoms with Crippen LogP contribution in [0.1, 0.15) is 42.9 Å². The van der Waals surface area contributed by atoms with Crippen molar-refractivity contribution in [2.45, 2.75) is 43.5 Å². The Balaban J connectivity index is 1.63. The molecule has 1 aliphatic heterocycles. The summed E-state index contributed by atoms with van der Waals surface area (Å²) in [6.45, 7) is 0. The van der Waals surface area contributed by atoms with Crippen LogP contribution in [-0.2, 0) is 19.9 Å². The number of esters is 1. The molecule has 2 fully saturated rings. The van der Waals surface area contributed by atoms with Gasteiger partial charge in [0.05, 0.1) is 14.2 Å². The average Bonchev–Trinajstić information content (AvgIpc) is 3.28. The van der Waals surface area contributed by atoms with E-state index >= 15 is 0 Å². The lowest BCUT2D eigenvalue weighted by molar-refractivity contribution is -0.155. The van der Waals surface area contributed by atoms with E-state index in [2.05, 4.69) is 0 Å². The lowest BCUT2D eigenvalue weighted by Crippen LogP contribution is -2.29. The zero-order valence-corrected chi connectivity index (χ0v) is 15.6. The number of hydrogen-bond acceptors (Lipinski definition) is 5. The highest BCUT2D eigenvalue weighted by Crippen LogP contribution is 2.58. The van der Waals surface area contributed by atoms with Gasteiger partial charge in [-0.15, -0.1) is 0 Å². The Bertz CT molecular complexity index is 792. The van der Waals surface area contributed by atoms with Crippen molar-refractivity contribution in [3.63, 3.8) is 0 Å².